The minimum atomic E-state index is -3.57. The van der Waals surface area contributed by atoms with Crippen LogP contribution in [0.3, 0.4) is 0 Å². The Kier molecular flexibility index (Phi) is 4.69. The van der Waals surface area contributed by atoms with Crippen LogP contribution < -0.4 is 14.4 Å². The van der Waals surface area contributed by atoms with Gasteiger partial charge in [-0.1, -0.05) is 24.3 Å². The van der Waals surface area contributed by atoms with E-state index in [1.807, 2.05) is 0 Å². The summed E-state index contributed by atoms with van der Waals surface area (Å²) in [4.78, 5) is 24.1. The number of carbonyl (C=O) groups excluding carboxylic acids is 2. The first-order valence-electron chi connectivity index (χ1n) is 7.91. The molecule has 0 aromatic heterocycles. The maximum absolute atomic E-state index is 12.6. The summed E-state index contributed by atoms with van der Waals surface area (Å²) in [5.41, 5.74) is 1.31. The minimum Gasteiger partial charge on any atom is -0.476 e. The number of amides is 1. The molecular formula is C18H18N2O5S. The topological polar surface area (TPSA) is 92.8 Å². The van der Waals surface area contributed by atoms with Crippen LogP contribution in [0.25, 0.3) is 0 Å². The lowest BCUT2D eigenvalue weighted by Gasteiger charge is -2.33. The zero-order chi connectivity index (χ0) is 18.9. The molecule has 1 aliphatic rings. The van der Waals surface area contributed by atoms with E-state index in [-0.39, 0.29) is 12.3 Å². The molecule has 1 heterocycles. The van der Waals surface area contributed by atoms with Gasteiger partial charge < -0.3 is 10.1 Å². The number of anilines is 2. The number of benzene rings is 2. The van der Waals surface area contributed by atoms with Crippen molar-refractivity contribution < 1.29 is 22.7 Å². The Balaban J connectivity index is 1.85. The van der Waals surface area contributed by atoms with Crippen molar-refractivity contribution in [1.82, 2.24) is 0 Å². The summed E-state index contributed by atoms with van der Waals surface area (Å²) >= 11 is 0. The molecule has 0 saturated carbocycles. The van der Waals surface area contributed by atoms with Crippen molar-refractivity contribution >= 4 is 33.1 Å². The molecule has 7 nitrogen and oxygen atoms in total. The molecular weight excluding hydrogens is 356 g/mol. The van der Waals surface area contributed by atoms with Crippen molar-refractivity contribution in [1.29, 1.82) is 0 Å². The number of nitrogens with zero attached hydrogens (tertiary/aromatic N) is 1. The smallest absolute Gasteiger partial charge is 0.267 e. The maximum Gasteiger partial charge on any atom is 0.267 e. The fourth-order valence-corrected chi connectivity index (χ4v) is 3.61. The summed E-state index contributed by atoms with van der Waals surface area (Å²) in [5, 5.41) is 2.67. The lowest BCUT2D eigenvalue weighted by molar-refractivity contribution is -0.122. The average Bonchev–Trinajstić information content (AvgIpc) is 2.60. The second-order valence-corrected chi connectivity index (χ2v) is 7.90. The number of carbonyl (C=O) groups is 2. The Hall–Kier alpha value is -2.87. The molecule has 1 N–H and O–H groups in total. The summed E-state index contributed by atoms with van der Waals surface area (Å²) in [7, 11) is -3.57. The highest BCUT2D eigenvalue weighted by atomic mass is 32.2. The van der Waals surface area contributed by atoms with E-state index in [0.29, 0.717) is 22.7 Å². The minimum absolute atomic E-state index is 0.118. The summed E-state index contributed by atoms with van der Waals surface area (Å²) in [5.74, 6) is -0.289. The average molecular weight is 374 g/mol. The van der Waals surface area contributed by atoms with Crippen LogP contribution in [0.15, 0.2) is 48.5 Å². The Morgan fingerprint density at radius 3 is 2.58 bits per heavy atom. The quantitative estimate of drug-likeness (QED) is 0.827. The van der Waals surface area contributed by atoms with E-state index < -0.39 is 22.0 Å². The molecule has 0 fully saturated rings. The van der Waals surface area contributed by atoms with E-state index in [2.05, 4.69) is 5.32 Å². The maximum atomic E-state index is 12.6. The van der Waals surface area contributed by atoms with Gasteiger partial charge in [0, 0.05) is 11.3 Å². The molecule has 0 aliphatic carbocycles. The summed E-state index contributed by atoms with van der Waals surface area (Å²) < 4.78 is 31.0. The Morgan fingerprint density at radius 2 is 1.88 bits per heavy atom. The highest BCUT2D eigenvalue weighted by molar-refractivity contribution is 7.92. The molecule has 0 unspecified atom stereocenters. The van der Waals surface area contributed by atoms with Crippen LogP contribution in [0.1, 0.15) is 17.3 Å². The summed E-state index contributed by atoms with van der Waals surface area (Å²) in [6.45, 7) is 1.31. The van der Waals surface area contributed by atoms with Crippen molar-refractivity contribution in [2.45, 2.75) is 13.0 Å². The standard InChI is InChI=1S/C18H18N2O5S/c1-12(21)13-6-5-7-14(10-13)19-18(22)17-11-20(26(2,23)24)15-8-3-4-9-16(15)25-17/h3-10,17H,11H2,1-2H3,(H,19,22)/t17-/m1/s1. The SMILES string of the molecule is CC(=O)c1cccc(NC(=O)[C@H]2CN(S(C)(=O)=O)c3ccccc3O2)c1. The number of rotatable bonds is 4. The van der Waals surface area contributed by atoms with Gasteiger partial charge in [-0.05, 0) is 31.2 Å². The van der Waals surface area contributed by atoms with Gasteiger partial charge in [-0.15, -0.1) is 0 Å². The lowest BCUT2D eigenvalue weighted by atomic mass is 10.1. The van der Waals surface area contributed by atoms with E-state index in [1.165, 1.54) is 6.92 Å². The van der Waals surface area contributed by atoms with Crippen LogP contribution in [0.5, 0.6) is 5.75 Å². The number of Topliss-reactive ketones (excluding diaryl/α,β-unsaturated/α-hetero) is 1. The molecule has 1 aliphatic heterocycles. The van der Waals surface area contributed by atoms with Crippen LogP contribution in [-0.4, -0.2) is 39.0 Å². The van der Waals surface area contributed by atoms with Gasteiger partial charge in [0.15, 0.2) is 11.9 Å². The van der Waals surface area contributed by atoms with Crippen molar-refractivity contribution in [2.75, 3.05) is 22.4 Å². The van der Waals surface area contributed by atoms with Gasteiger partial charge in [-0.2, -0.15) is 0 Å². The number of sulfonamides is 1. The molecule has 1 amide bonds. The lowest BCUT2D eigenvalue weighted by Crippen LogP contribution is -2.48. The van der Waals surface area contributed by atoms with Gasteiger partial charge in [-0.25, -0.2) is 8.42 Å². The van der Waals surface area contributed by atoms with Gasteiger partial charge in [0.25, 0.3) is 5.91 Å². The molecule has 1 atom stereocenters. The second kappa shape index (κ2) is 6.80. The third-order valence-corrected chi connectivity index (χ3v) is 5.11. The molecule has 0 saturated heterocycles. The first-order chi connectivity index (χ1) is 12.3. The van der Waals surface area contributed by atoms with Crippen molar-refractivity contribution in [3.8, 4) is 5.75 Å². The Labute approximate surface area is 151 Å². The zero-order valence-corrected chi connectivity index (χ0v) is 15.1. The molecule has 2 aromatic rings. The summed E-state index contributed by atoms with van der Waals surface area (Å²) in [6, 6.07) is 13.2. The van der Waals surface area contributed by atoms with Gasteiger partial charge in [0.05, 0.1) is 18.5 Å². The van der Waals surface area contributed by atoms with Crippen LogP contribution in [-0.2, 0) is 14.8 Å². The first-order valence-corrected chi connectivity index (χ1v) is 9.76. The van der Waals surface area contributed by atoms with E-state index in [1.54, 1.807) is 48.5 Å². The van der Waals surface area contributed by atoms with Gasteiger partial charge in [-0.3, -0.25) is 13.9 Å². The zero-order valence-electron chi connectivity index (χ0n) is 14.3. The van der Waals surface area contributed by atoms with Gasteiger partial charge in [0.1, 0.15) is 5.75 Å². The number of ether oxygens (including phenoxy) is 1. The first kappa shape index (κ1) is 17.9. The van der Waals surface area contributed by atoms with Crippen LogP contribution in [0.4, 0.5) is 11.4 Å². The third kappa shape index (κ3) is 3.70. The predicted octanol–water partition coefficient (Wildman–Crippen LogP) is 2.05. The van der Waals surface area contributed by atoms with E-state index >= 15 is 0 Å². The van der Waals surface area contributed by atoms with Crippen molar-refractivity contribution in [3.05, 3.63) is 54.1 Å². The highest BCUT2D eigenvalue weighted by Gasteiger charge is 2.34. The fourth-order valence-electron chi connectivity index (χ4n) is 2.69. The second-order valence-electron chi connectivity index (χ2n) is 5.99. The normalized spacial score (nSPS) is 16.4. The predicted molar refractivity (Wildman–Crippen MR) is 98.1 cm³/mol. The van der Waals surface area contributed by atoms with Crippen molar-refractivity contribution in [2.24, 2.45) is 0 Å². The van der Waals surface area contributed by atoms with E-state index in [9.17, 15) is 18.0 Å². The molecule has 26 heavy (non-hydrogen) atoms. The largest absolute Gasteiger partial charge is 0.476 e. The number of nitrogens with one attached hydrogen (secondary N) is 1. The number of para-hydroxylation sites is 2. The molecule has 2 aromatic carbocycles. The molecule has 8 heteroatoms. The van der Waals surface area contributed by atoms with E-state index in [4.69, 9.17) is 4.74 Å². The molecule has 136 valence electrons. The number of ketones is 1. The molecule has 0 spiro atoms. The third-order valence-electron chi connectivity index (χ3n) is 3.96. The molecule has 0 radical (unpaired) electrons. The summed E-state index contributed by atoms with van der Waals surface area (Å²) in [6.07, 6.45) is 0.0704. The van der Waals surface area contributed by atoms with Crippen molar-refractivity contribution in [3.63, 3.8) is 0 Å². The number of fused-ring (bicyclic) bond motifs is 1. The van der Waals surface area contributed by atoms with Crippen LogP contribution >= 0.6 is 0 Å². The van der Waals surface area contributed by atoms with Gasteiger partial charge >= 0.3 is 0 Å². The Bertz CT molecular complexity index is 971. The Morgan fingerprint density at radius 1 is 1.15 bits per heavy atom. The molecule has 0 bridgehead atoms. The van der Waals surface area contributed by atoms with Crippen LogP contribution in [0.2, 0.25) is 0 Å². The highest BCUT2D eigenvalue weighted by Crippen LogP contribution is 2.34. The number of hydrogen-bond acceptors (Lipinski definition) is 5. The molecule has 3 rings (SSSR count). The van der Waals surface area contributed by atoms with E-state index in [0.717, 1.165) is 10.6 Å². The van der Waals surface area contributed by atoms with Gasteiger partial charge in [0.2, 0.25) is 10.0 Å². The fraction of sp³-hybridized carbons (Fsp3) is 0.222. The monoisotopic (exact) mass is 374 g/mol. The van der Waals surface area contributed by atoms with Crippen LogP contribution in [0, 0.1) is 0 Å². The number of hydrogen-bond donors (Lipinski definition) is 1.